The molecule has 1 aromatic rings. The Morgan fingerprint density at radius 1 is 1.05 bits per heavy atom. The molecule has 1 aromatic carbocycles. The summed E-state index contributed by atoms with van der Waals surface area (Å²) in [5, 5.41) is 0. The third-order valence-corrected chi connectivity index (χ3v) is 5.90. The fourth-order valence-corrected chi connectivity index (χ4v) is 4.90. The van der Waals surface area contributed by atoms with Gasteiger partial charge >= 0.3 is 0 Å². The fourth-order valence-electron chi connectivity index (χ4n) is 3.71. The number of ketones is 2. The number of rotatable bonds is 3. The Morgan fingerprint density at radius 2 is 1.62 bits per heavy atom. The molecule has 0 N–H and O–H groups in total. The number of carbonyl (C=O) groups is 2. The summed E-state index contributed by atoms with van der Waals surface area (Å²) >= 11 is 13.1. The topological polar surface area (TPSA) is 52.6 Å². The largest absolute Gasteiger partial charge is 0.349 e. The number of halogens is 2. The maximum Gasteiger partial charge on any atom is 0.227 e. The van der Waals surface area contributed by atoms with Gasteiger partial charge in [0.05, 0.1) is 0 Å². The lowest BCUT2D eigenvalue weighted by Gasteiger charge is -2.38. The molecule has 2 saturated carbocycles. The summed E-state index contributed by atoms with van der Waals surface area (Å²) in [6.07, 6.45) is 0.189. The van der Waals surface area contributed by atoms with Crippen molar-refractivity contribution in [1.82, 2.24) is 0 Å². The van der Waals surface area contributed by atoms with Gasteiger partial charge in [-0.15, -0.1) is 23.2 Å². The van der Waals surface area contributed by atoms with Gasteiger partial charge in [0.15, 0.2) is 9.75 Å². The lowest BCUT2D eigenvalue weighted by Crippen LogP contribution is -2.56. The predicted octanol–water partition coefficient (Wildman–Crippen LogP) is 2.27. The van der Waals surface area contributed by atoms with Gasteiger partial charge in [-0.05, 0) is 12.0 Å². The summed E-state index contributed by atoms with van der Waals surface area (Å²) in [7, 11) is 2.69. The number of carbonyl (C=O) groups excluding carboxylic acids is 2. The van der Waals surface area contributed by atoms with Gasteiger partial charge in [0.25, 0.3) is 0 Å². The zero-order valence-corrected chi connectivity index (χ0v) is 13.1. The number of alkyl halides is 2. The summed E-state index contributed by atoms with van der Waals surface area (Å²) in [6.45, 7) is 0. The van der Waals surface area contributed by atoms with Crippen molar-refractivity contribution in [2.75, 3.05) is 14.2 Å². The number of benzene rings is 1. The van der Waals surface area contributed by atoms with Crippen LogP contribution in [0.3, 0.4) is 0 Å². The molecule has 0 heterocycles. The van der Waals surface area contributed by atoms with Gasteiger partial charge < -0.3 is 9.47 Å². The van der Waals surface area contributed by atoms with Crippen molar-refractivity contribution in [3.63, 3.8) is 0 Å². The fraction of sp³-hybridized carbons (Fsp3) is 0.467. The maximum absolute atomic E-state index is 12.5. The lowest BCUT2D eigenvalue weighted by atomic mass is 9.81. The molecule has 0 radical (unpaired) electrons. The molecule has 6 heteroatoms. The third-order valence-electron chi connectivity index (χ3n) is 4.64. The summed E-state index contributed by atoms with van der Waals surface area (Å²) in [6, 6.07) is 9.25. The van der Waals surface area contributed by atoms with Gasteiger partial charge in [0.1, 0.15) is 0 Å². The van der Waals surface area contributed by atoms with E-state index in [9.17, 15) is 9.59 Å². The van der Waals surface area contributed by atoms with E-state index in [1.165, 1.54) is 14.2 Å². The summed E-state index contributed by atoms with van der Waals surface area (Å²) in [4.78, 5) is 21.5. The first-order valence-corrected chi connectivity index (χ1v) is 7.27. The Labute approximate surface area is 132 Å². The summed E-state index contributed by atoms with van der Waals surface area (Å²) in [5.41, 5.74) is 0.828. The first-order valence-electron chi connectivity index (χ1n) is 6.51. The minimum Gasteiger partial charge on any atom is -0.349 e. The number of ether oxygens (including phenoxy) is 2. The molecule has 2 aliphatic rings. The number of fused-ring (bicyclic) bond motifs is 2. The Hall–Kier alpha value is -0.940. The second-order valence-corrected chi connectivity index (χ2v) is 6.60. The summed E-state index contributed by atoms with van der Waals surface area (Å²) < 4.78 is 10.8. The van der Waals surface area contributed by atoms with Crippen LogP contribution in [0.2, 0.25) is 0 Å². The molecule has 2 bridgehead atoms. The van der Waals surface area contributed by atoms with E-state index in [1.807, 2.05) is 30.3 Å². The van der Waals surface area contributed by atoms with Crippen LogP contribution in [0, 0.1) is 0 Å². The van der Waals surface area contributed by atoms with E-state index < -0.39 is 33.0 Å². The maximum atomic E-state index is 12.5. The average molecular weight is 329 g/mol. The molecular formula is C15H14Cl2O4. The standard InChI is InChI=1S/C15H14Cl2O4/c1-20-15(21-2)13(16)8-10(9-6-4-3-5-7-9)14(15,17)12(19)11(13)18/h3-7,10H,8H2,1-2H3/t10-,13-,14+/m1/s1. The zero-order chi connectivity index (χ0) is 15.5. The third kappa shape index (κ3) is 1.44. The molecule has 0 amide bonds. The van der Waals surface area contributed by atoms with Crippen LogP contribution in [0.1, 0.15) is 17.9 Å². The molecule has 0 aromatic heterocycles. The van der Waals surface area contributed by atoms with E-state index >= 15 is 0 Å². The highest BCUT2D eigenvalue weighted by Gasteiger charge is 2.86. The Morgan fingerprint density at radius 3 is 2.10 bits per heavy atom. The van der Waals surface area contributed by atoms with Crippen molar-refractivity contribution in [3.05, 3.63) is 35.9 Å². The van der Waals surface area contributed by atoms with Gasteiger partial charge in [-0.3, -0.25) is 9.59 Å². The lowest BCUT2D eigenvalue weighted by molar-refractivity contribution is -0.219. The normalized spacial score (nSPS) is 37.2. The van der Waals surface area contributed by atoms with E-state index in [0.29, 0.717) is 0 Å². The monoisotopic (exact) mass is 328 g/mol. The number of Topliss-reactive ketones (excluding diaryl/α,β-unsaturated/α-hetero) is 2. The van der Waals surface area contributed by atoms with Gasteiger partial charge in [-0.2, -0.15) is 0 Å². The first kappa shape index (κ1) is 15.0. The summed E-state index contributed by atoms with van der Waals surface area (Å²) in [5.74, 6) is -3.61. The molecule has 3 rings (SSSR count). The molecule has 0 spiro atoms. The molecule has 0 unspecified atom stereocenters. The van der Waals surface area contributed by atoms with E-state index in [-0.39, 0.29) is 6.42 Å². The molecule has 112 valence electrons. The Bertz CT molecular complexity index is 613. The van der Waals surface area contributed by atoms with Gasteiger partial charge in [0, 0.05) is 20.1 Å². The van der Waals surface area contributed by atoms with E-state index in [4.69, 9.17) is 32.7 Å². The van der Waals surface area contributed by atoms with Crippen molar-refractivity contribution in [2.24, 2.45) is 0 Å². The second-order valence-electron chi connectivity index (χ2n) is 5.36. The first-order chi connectivity index (χ1) is 9.89. The van der Waals surface area contributed by atoms with Crippen molar-refractivity contribution in [1.29, 1.82) is 0 Å². The smallest absolute Gasteiger partial charge is 0.227 e. The van der Waals surface area contributed by atoms with Crippen LogP contribution in [-0.2, 0) is 19.1 Å². The van der Waals surface area contributed by atoms with Crippen LogP contribution >= 0.6 is 23.2 Å². The van der Waals surface area contributed by atoms with Crippen molar-refractivity contribution < 1.29 is 19.1 Å². The van der Waals surface area contributed by atoms with Gasteiger partial charge in [0.2, 0.25) is 17.4 Å². The second kappa shape index (κ2) is 4.53. The van der Waals surface area contributed by atoms with Crippen LogP contribution in [0.15, 0.2) is 30.3 Å². The van der Waals surface area contributed by atoms with Crippen molar-refractivity contribution >= 4 is 34.8 Å². The molecular weight excluding hydrogens is 315 g/mol. The molecule has 2 aliphatic carbocycles. The molecule has 2 fully saturated rings. The van der Waals surface area contributed by atoms with Gasteiger partial charge in [-0.25, -0.2) is 0 Å². The van der Waals surface area contributed by atoms with Crippen LogP contribution in [-0.4, -0.2) is 41.3 Å². The highest BCUT2D eigenvalue weighted by atomic mass is 35.5. The zero-order valence-electron chi connectivity index (χ0n) is 11.6. The molecule has 4 nitrogen and oxygen atoms in total. The highest BCUT2D eigenvalue weighted by molar-refractivity contribution is 6.66. The molecule has 0 saturated heterocycles. The Kier molecular flexibility index (Phi) is 3.23. The minimum atomic E-state index is -1.67. The predicted molar refractivity (Wildman–Crippen MR) is 77.7 cm³/mol. The Balaban J connectivity index is 2.24. The average Bonchev–Trinajstić information content (AvgIpc) is 2.79. The molecule has 3 atom stereocenters. The molecule has 21 heavy (non-hydrogen) atoms. The quantitative estimate of drug-likeness (QED) is 0.485. The van der Waals surface area contributed by atoms with Crippen LogP contribution in [0.25, 0.3) is 0 Å². The SMILES string of the molecule is COC1(OC)[C@@]2(Cl)C[C@H](c3ccccc3)[C@]1(Cl)C(=O)C2=O. The number of methoxy groups -OCH3 is 2. The molecule has 0 aliphatic heterocycles. The van der Waals surface area contributed by atoms with Crippen molar-refractivity contribution in [3.8, 4) is 0 Å². The van der Waals surface area contributed by atoms with Crippen LogP contribution in [0.5, 0.6) is 0 Å². The van der Waals surface area contributed by atoms with E-state index in [2.05, 4.69) is 0 Å². The van der Waals surface area contributed by atoms with E-state index in [1.54, 1.807) is 0 Å². The van der Waals surface area contributed by atoms with Crippen molar-refractivity contribution in [2.45, 2.75) is 27.9 Å². The minimum absolute atomic E-state index is 0.189. The number of hydrogen-bond acceptors (Lipinski definition) is 4. The number of hydrogen-bond donors (Lipinski definition) is 0. The van der Waals surface area contributed by atoms with E-state index in [0.717, 1.165) is 5.56 Å². The van der Waals surface area contributed by atoms with Gasteiger partial charge in [-0.1, -0.05) is 30.3 Å². The van der Waals surface area contributed by atoms with Crippen LogP contribution < -0.4 is 0 Å². The highest BCUT2D eigenvalue weighted by Crippen LogP contribution is 2.67. The van der Waals surface area contributed by atoms with Crippen LogP contribution in [0.4, 0.5) is 0 Å².